The van der Waals surface area contributed by atoms with Crippen molar-refractivity contribution in [1.29, 1.82) is 0 Å². The van der Waals surface area contributed by atoms with Crippen molar-refractivity contribution < 1.29 is 0 Å². The molecule has 0 aliphatic carbocycles. The number of hydrogen-bond acceptors (Lipinski definition) is 2. The first-order chi connectivity index (χ1) is 13.1. The molecule has 1 fully saturated rings. The summed E-state index contributed by atoms with van der Waals surface area (Å²) in [6, 6.07) is 18.3. The van der Waals surface area contributed by atoms with Gasteiger partial charge in [-0.25, -0.2) is 0 Å². The number of pyridine rings is 1. The standard InChI is InChI=1S/C21H21ClN4S/c1-14(2)26-20(19(24-21(26)27)17-9-3-4-11-23-17)18-10-6-12-25(18)16-8-5-7-15(22)13-16/h3-14,19-20H,1-2H3,(H,24,27). The minimum absolute atomic E-state index is 0.0195. The summed E-state index contributed by atoms with van der Waals surface area (Å²) in [4.78, 5) is 6.84. The van der Waals surface area contributed by atoms with E-state index in [2.05, 4.69) is 58.0 Å². The van der Waals surface area contributed by atoms with Gasteiger partial charge in [-0.15, -0.1) is 0 Å². The van der Waals surface area contributed by atoms with Crippen LogP contribution in [0.2, 0.25) is 5.02 Å². The quantitative estimate of drug-likeness (QED) is 0.635. The molecule has 2 atom stereocenters. The predicted octanol–water partition coefficient (Wildman–Crippen LogP) is 4.91. The van der Waals surface area contributed by atoms with Crippen LogP contribution < -0.4 is 5.32 Å². The SMILES string of the molecule is CC(C)N1C(=S)NC(c2ccccn2)C1c1cccn1-c1cccc(Cl)c1. The Balaban J connectivity index is 1.84. The first-order valence-electron chi connectivity index (χ1n) is 8.99. The van der Waals surface area contributed by atoms with Crippen molar-refractivity contribution in [3.8, 4) is 5.69 Å². The highest BCUT2D eigenvalue weighted by atomic mass is 35.5. The van der Waals surface area contributed by atoms with E-state index < -0.39 is 0 Å². The average Bonchev–Trinajstić information content (AvgIpc) is 3.26. The van der Waals surface area contributed by atoms with Gasteiger partial charge in [-0.05, 0) is 68.5 Å². The highest BCUT2D eigenvalue weighted by Crippen LogP contribution is 2.40. The molecule has 2 aromatic heterocycles. The molecule has 0 amide bonds. The fourth-order valence-electron chi connectivity index (χ4n) is 3.73. The topological polar surface area (TPSA) is 33.1 Å². The largest absolute Gasteiger partial charge is 0.352 e. The maximum Gasteiger partial charge on any atom is 0.170 e. The third kappa shape index (κ3) is 3.33. The van der Waals surface area contributed by atoms with Crippen LogP contribution in [0.15, 0.2) is 67.0 Å². The summed E-state index contributed by atoms with van der Waals surface area (Å²) in [6.07, 6.45) is 3.89. The predicted molar refractivity (Wildman–Crippen MR) is 113 cm³/mol. The number of halogens is 1. The smallest absolute Gasteiger partial charge is 0.170 e. The Hall–Kier alpha value is -2.37. The van der Waals surface area contributed by atoms with Crippen LogP contribution in [0.5, 0.6) is 0 Å². The maximum absolute atomic E-state index is 6.23. The van der Waals surface area contributed by atoms with Gasteiger partial charge >= 0.3 is 0 Å². The lowest BCUT2D eigenvalue weighted by molar-refractivity contribution is 0.262. The van der Waals surface area contributed by atoms with Crippen LogP contribution in [0, 0.1) is 0 Å². The lowest BCUT2D eigenvalue weighted by atomic mass is 10.0. The summed E-state index contributed by atoms with van der Waals surface area (Å²) in [6.45, 7) is 4.32. The minimum Gasteiger partial charge on any atom is -0.352 e. The van der Waals surface area contributed by atoms with Crippen molar-refractivity contribution in [2.45, 2.75) is 32.0 Å². The van der Waals surface area contributed by atoms with E-state index in [-0.39, 0.29) is 18.1 Å². The number of rotatable bonds is 4. The molecule has 4 nitrogen and oxygen atoms in total. The van der Waals surface area contributed by atoms with E-state index in [1.807, 2.05) is 42.6 Å². The van der Waals surface area contributed by atoms with E-state index in [1.54, 1.807) is 0 Å². The summed E-state index contributed by atoms with van der Waals surface area (Å²) in [5, 5.41) is 4.96. The molecule has 0 radical (unpaired) electrons. The number of benzene rings is 1. The van der Waals surface area contributed by atoms with E-state index in [9.17, 15) is 0 Å². The van der Waals surface area contributed by atoms with Crippen LogP contribution in [0.4, 0.5) is 0 Å². The maximum atomic E-state index is 6.23. The summed E-state index contributed by atoms with van der Waals surface area (Å²) in [7, 11) is 0. The van der Waals surface area contributed by atoms with Gasteiger partial charge < -0.3 is 14.8 Å². The third-order valence-electron chi connectivity index (χ3n) is 4.86. The van der Waals surface area contributed by atoms with Crippen molar-refractivity contribution in [3.05, 3.63) is 83.4 Å². The van der Waals surface area contributed by atoms with E-state index in [0.29, 0.717) is 5.02 Å². The number of aromatic nitrogens is 2. The Morgan fingerprint density at radius 3 is 2.67 bits per heavy atom. The molecule has 27 heavy (non-hydrogen) atoms. The van der Waals surface area contributed by atoms with Crippen LogP contribution in [-0.2, 0) is 0 Å². The van der Waals surface area contributed by atoms with Gasteiger partial charge in [-0.3, -0.25) is 4.98 Å². The van der Waals surface area contributed by atoms with Gasteiger partial charge in [0, 0.05) is 34.8 Å². The molecular formula is C21H21ClN4S. The third-order valence-corrected chi connectivity index (χ3v) is 5.43. The zero-order valence-electron chi connectivity index (χ0n) is 15.2. The Kier molecular flexibility index (Phi) is 4.89. The lowest BCUT2D eigenvalue weighted by Gasteiger charge is -2.31. The fraction of sp³-hybridized carbons (Fsp3) is 0.238. The van der Waals surface area contributed by atoms with Gasteiger partial charge in [0.2, 0.25) is 0 Å². The number of nitrogens with one attached hydrogen (secondary N) is 1. The van der Waals surface area contributed by atoms with Crippen molar-refractivity contribution in [1.82, 2.24) is 19.8 Å². The van der Waals surface area contributed by atoms with Crippen molar-refractivity contribution >= 4 is 28.9 Å². The summed E-state index contributed by atoms with van der Waals surface area (Å²) >= 11 is 11.9. The van der Waals surface area contributed by atoms with Crippen molar-refractivity contribution in [3.63, 3.8) is 0 Å². The van der Waals surface area contributed by atoms with Crippen LogP contribution in [0.25, 0.3) is 5.69 Å². The van der Waals surface area contributed by atoms with Crippen molar-refractivity contribution in [2.75, 3.05) is 0 Å². The second-order valence-corrected chi connectivity index (χ2v) is 7.73. The molecule has 1 aliphatic heterocycles. The Bertz CT molecular complexity index is 954. The molecule has 2 unspecified atom stereocenters. The van der Waals surface area contributed by atoms with E-state index >= 15 is 0 Å². The van der Waals surface area contributed by atoms with Gasteiger partial charge in [0.05, 0.1) is 17.8 Å². The highest BCUT2D eigenvalue weighted by molar-refractivity contribution is 7.80. The molecule has 3 aromatic rings. The molecule has 1 saturated heterocycles. The van der Waals surface area contributed by atoms with E-state index in [0.717, 1.165) is 22.2 Å². The summed E-state index contributed by atoms with van der Waals surface area (Å²) in [5.74, 6) is 0. The van der Waals surface area contributed by atoms with Gasteiger partial charge in [0.15, 0.2) is 5.11 Å². The van der Waals surface area contributed by atoms with Crippen LogP contribution in [-0.4, -0.2) is 25.6 Å². The molecule has 6 heteroatoms. The molecule has 1 aromatic carbocycles. The van der Waals surface area contributed by atoms with Gasteiger partial charge in [-0.1, -0.05) is 23.7 Å². The average molecular weight is 397 g/mol. The Morgan fingerprint density at radius 2 is 1.96 bits per heavy atom. The Labute approximate surface area is 169 Å². The van der Waals surface area contributed by atoms with E-state index in [4.69, 9.17) is 23.8 Å². The number of nitrogens with zero attached hydrogens (tertiary/aromatic N) is 3. The first kappa shape index (κ1) is 18.0. The molecule has 1 N–H and O–H groups in total. The molecular weight excluding hydrogens is 376 g/mol. The fourth-order valence-corrected chi connectivity index (χ4v) is 4.37. The molecule has 1 aliphatic rings. The van der Waals surface area contributed by atoms with Gasteiger partial charge in [0.1, 0.15) is 0 Å². The molecule has 0 spiro atoms. The second-order valence-electron chi connectivity index (χ2n) is 6.91. The molecule has 138 valence electrons. The summed E-state index contributed by atoms with van der Waals surface area (Å²) < 4.78 is 2.18. The normalized spacial score (nSPS) is 19.6. The molecule has 4 rings (SSSR count). The lowest BCUT2D eigenvalue weighted by Crippen LogP contribution is -2.36. The van der Waals surface area contributed by atoms with E-state index in [1.165, 1.54) is 0 Å². The second kappa shape index (κ2) is 7.33. The molecule has 0 bridgehead atoms. The summed E-state index contributed by atoms with van der Waals surface area (Å²) in [5.41, 5.74) is 3.16. The molecule has 0 saturated carbocycles. The molecule has 3 heterocycles. The number of hydrogen-bond donors (Lipinski definition) is 1. The van der Waals surface area contributed by atoms with Crippen LogP contribution >= 0.6 is 23.8 Å². The van der Waals surface area contributed by atoms with Gasteiger partial charge in [0.25, 0.3) is 0 Å². The zero-order valence-corrected chi connectivity index (χ0v) is 16.8. The zero-order chi connectivity index (χ0) is 19.0. The van der Waals surface area contributed by atoms with Crippen LogP contribution in [0.3, 0.4) is 0 Å². The highest BCUT2D eigenvalue weighted by Gasteiger charge is 2.42. The first-order valence-corrected chi connectivity index (χ1v) is 9.78. The van der Waals surface area contributed by atoms with Crippen molar-refractivity contribution in [2.24, 2.45) is 0 Å². The monoisotopic (exact) mass is 396 g/mol. The minimum atomic E-state index is -0.0195. The number of thiocarbonyl (C=S) groups is 1. The Morgan fingerprint density at radius 1 is 1.11 bits per heavy atom. The van der Waals surface area contributed by atoms with Gasteiger partial charge in [-0.2, -0.15) is 0 Å². The van der Waals surface area contributed by atoms with Crippen LogP contribution in [0.1, 0.15) is 37.3 Å².